The summed E-state index contributed by atoms with van der Waals surface area (Å²) in [5.74, 6) is 0.651. The Labute approximate surface area is 103 Å². The first-order chi connectivity index (χ1) is 8.63. The van der Waals surface area contributed by atoms with Crippen LogP contribution in [0.15, 0.2) is 4.52 Å². The first kappa shape index (κ1) is 14.9. The van der Waals surface area contributed by atoms with Gasteiger partial charge in [-0.2, -0.15) is 4.98 Å². The molecule has 18 heavy (non-hydrogen) atoms. The zero-order valence-corrected chi connectivity index (χ0v) is 10.1. The van der Waals surface area contributed by atoms with E-state index in [1.54, 1.807) is 0 Å². The van der Waals surface area contributed by atoms with E-state index in [9.17, 15) is 8.78 Å². The molecule has 1 unspecified atom stereocenters. The van der Waals surface area contributed by atoms with Crippen LogP contribution in [0.25, 0.3) is 0 Å². The third-order valence-electron chi connectivity index (χ3n) is 2.02. The molecule has 0 amide bonds. The van der Waals surface area contributed by atoms with Gasteiger partial charge in [-0.1, -0.05) is 5.16 Å². The van der Waals surface area contributed by atoms with Gasteiger partial charge in [0.2, 0.25) is 5.89 Å². The minimum Gasteiger partial charge on any atom is -0.380 e. The smallest absolute Gasteiger partial charge is 0.261 e. The molecule has 104 valence electrons. The summed E-state index contributed by atoms with van der Waals surface area (Å²) >= 11 is 0. The first-order valence-corrected chi connectivity index (χ1v) is 5.65. The summed E-state index contributed by atoms with van der Waals surface area (Å²) in [6, 6.07) is -0.454. The summed E-state index contributed by atoms with van der Waals surface area (Å²) in [7, 11) is 0. The topological polar surface area (TPSA) is 83.4 Å². The average molecular weight is 265 g/mol. The summed E-state index contributed by atoms with van der Waals surface area (Å²) in [4.78, 5) is 4.03. The maximum atomic E-state index is 11.8. The monoisotopic (exact) mass is 265 g/mol. The molecule has 0 spiro atoms. The van der Waals surface area contributed by atoms with Crippen LogP contribution in [0.2, 0.25) is 0 Å². The van der Waals surface area contributed by atoms with Crippen LogP contribution in [0.1, 0.15) is 24.7 Å². The number of halogens is 2. The molecule has 0 aliphatic heterocycles. The van der Waals surface area contributed by atoms with Crippen LogP contribution in [-0.4, -0.2) is 43.0 Å². The molecule has 0 aliphatic rings. The van der Waals surface area contributed by atoms with Crippen molar-refractivity contribution in [3.8, 4) is 0 Å². The van der Waals surface area contributed by atoms with Gasteiger partial charge < -0.3 is 19.7 Å². The highest BCUT2D eigenvalue weighted by Crippen LogP contribution is 2.07. The average Bonchev–Trinajstić information content (AvgIpc) is 2.80. The Hall–Kier alpha value is -1.12. The van der Waals surface area contributed by atoms with Gasteiger partial charge in [-0.25, -0.2) is 8.78 Å². The molecule has 0 radical (unpaired) electrons. The molecule has 6 nitrogen and oxygen atoms in total. The van der Waals surface area contributed by atoms with Crippen LogP contribution in [0.3, 0.4) is 0 Å². The quantitative estimate of drug-likeness (QED) is 0.669. The number of aromatic nitrogens is 2. The van der Waals surface area contributed by atoms with Gasteiger partial charge in [-0.15, -0.1) is 0 Å². The van der Waals surface area contributed by atoms with Crippen molar-refractivity contribution in [3.05, 3.63) is 11.7 Å². The second-order valence-corrected chi connectivity index (χ2v) is 3.53. The summed E-state index contributed by atoms with van der Waals surface area (Å²) in [5, 5.41) is 3.69. The van der Waals surface area contributed by atoms with Gasteiger partial charge in [0.25, 0.3) is 6.43 Å². The van der Waals surface area contributed by atoms with E-state index >= 15 is 0 Å². The van der Waals surface area contributed by atoms with Crippen molar-refractivity contribution in [2.24, 2.45) is 5.73 Å². The van der Waals surface area contributed by atoms with Gasteiger partial charge in [0.05, 0.1) is 25.7 Å². The van der Waals surface area contributed by atoms with Gasteiger partial charge in [0.15, 0.2) is 5.82 Å². The molecule has 8 heteroatoms. The fraction of sp³-hybridized carbons (Fsp3) is 0.800. The van der Waals surface area contributed by atoms with Gasteiger partial charge >= 0.3 is 0 Å². The second kappa shape index (κ2) is 8.06. The van der Waals surface area contributed by atoms with E-state index in [-0.39, 0.29) is 13.0 Å². The van der Waals surface area contributed by atoms with Crippen molar-refractivity contribution < 1.29 is 22.8 Å². The van der Waals surface area contributed by atoms with Gasteiger partial charge in [-0.05, 0) is 6.92 Å². The van der Waals surface area contributed by atoms with Crippen molar-refractivity contribution >= 4 is 0 Å². The molecule has 1 aromatic rings. The lowest BCUT2D eigenvalue weighted by molar-refractivity contribution is 0.0171. The van der Waals surface area contributed by atoms with Crippen molar-refractivity contribution in [2.45, 2.75) is 25.8 Å². The van der Waals surface area contributed by atoms with E-state index in [2.05, 4.69) is 10.1 Å². The SMILES string of the molecule is CCOCC(N)c1noc(CCOCC(F)F)n1. The largest absolute Gasteiger partial charge is 0.380 e. The minimum absolute atomic E-state index is 0.104. The van der Waals surface area contributed by atoms with E-state index in [1.165, 1.54) is 0 Å². The number of rotatable bonds is 9. The van der Waals surface area contributed by atoms with Crippen LogP contribution in [0.4, 0.5) is 8.78 Å². The summed E-state index contributed by atoms with van der Waals surface area (Å²) in [5.41, 5.74) is 5.75. The highest BCUT2D eigenvalue weighted by atomic mass is 19.3. The number of hydrogen-bond acceptors (Lipinski definition) is 6. The van der Waals surface area contributed by atoms with Crippen molar-refractivity contribution in [1.29, 1.82) is 0 Å². The molecule has 1 atom stereocenters. The lowest BCUT2D eigenvalue weighted by atomic mass is 10.3. The van der Waals surface area contributed by atoms with E-state index in [0.717, 1.165) is 0 Å². The maximum Gasteiger partial charge on any atom is 0.261 e. The zero-order chi connectivity index (χ0) is 13.4. The van der Waals surface area contributed by atoms with E-state index in [1.807, 2.05) is 6.92 Å². The fourth-order valence-electron chi connectivity index (χ4n) is 1.17. The first-order valence-electron chi connectivity index (χ1n) is 5.65. The standard InChI is InChI=1S/C10H17F2N3O3/c1-2-16-5-7(13)10-14-9(18-15-10)3-4-17-6-8(11)12/h7-8H,2-6,13H2,1H3. The Kier molecular flexibility index (Phi) is 6.69. The van der Waals surface area contributed by atoms with Crippen LogP contribution in [-0.2, 0) is 15.9 Å². The zero-order valence-electron chi connectivity index (χ0n) is 10.1. The molecule has 0 saturated heterocycles. The molecule has 1 aromatic heterocycles. The van der Waals surface area contributed by atoms with Crippen molar-refractivity contribution in [2.75, 3.05) is 26.4 Å². The molecule has 1 heterocycles. The predicted molar refractivity (Wildman–Crippen MR) is 58.2 cm³/mol. The summed E-state index contributed by atoms with van der Waals surface area (Å²) < 4.78 is 38.3. The molecule has 0 aromatic carbocycles. The molecule has 0 fully saturated rings. The number of alkyl halides is 2. The number of nitrogens with two attached hydrogens (primary N) is 1. The normalized spacial score (nSPS) is 13.2. The third kappa shape index (κ3) is 5.48. The summed E-state index contributed by atoms with van der Waals surface area (Å²) in [6.45, 7) is 2.23. The lowest BCUT2D eigenvalue weighted by Crippen LogP contribution is -2.18. The van der Waals surface area contributed by atoms with Crippen LogP contribution in [0, 0.1) is 0 Å². The number of hydrogen-bond donors (Lipinski definition) is 1. The fourth-order valence-corrected chi connectivity index (χ4v) is 1.17. The third-order valence-corrected chi connectivity index (χ3v) is 2.02. The Balaban J connectivity index is 2.29. The molecule has 0 aliphatic carbocycles. The Bertz CT molecular complexity index is 336. The number of nitrogens with zero attached hydrogens (tertiary/aromatic N) is 2. The van der Waals surface area contributed by atoms with Gasteiger partial charge in [0, 0.05) is 6.61 Å². The maximum absolute atomic E-state index is 11.8. The van der Waals surface area contributed by atoms with Gasteiger partial charge in [0.1, 0.15) is 6.61 Å². The molecular formula is C10H17F2N3O3. The molecule has 0 saturated carbocycles. The summed E-state index contributed by atoms with van der Waals surface area (Å²) in [6.07, 6.45) is -2.19. The van der Waals surface area contributed by atoms with E-state index in [4.69, 9.17) is 19.7 Å². The Morgan fingerprint density at radius 2 is 2.11 bits per heavy atom. The Morgan fingerprint density at radius 1 is 1.33 bits per heavy atom. The van der Waals surface area contributed by atoms with Crippen LogP contribution < -0.4 is 5.73 Å². The van der Waals surface area contributed by atoms with Crippen LogP contribution >= 0.6 is 0 Å². The number of ether oxygens (including phenoxy) is 2. The molecule has 1 rings (SSSR count). The lowest BCUT2D eigenvalue weighted by Gasteiger charge is -2.05. The highest BCUT2D eigenvalue weighted by Gasteiger charge is 2.14. The Morgan fingerprint density at radius 3 is 2.78 bits per heavy atom. The predicted octanol–water partition coefficient (Wildman–Crippen LogP) is 0.930. The molecular weight excluding hydrogens is 248 g/mol. The van der Waals surface area contributed by atoms with Crippen molar-refractivity contribution in [1.82, 2.24) is 10.1 Å². The molecule has 2 N–H and O–H groups in total. The van der Waals surface area contributed by atoms with E-state index < -0.39 is 19.1 Å². The van der Waals surface area contributed by atoms with Crippen LogP contribution in [0.5, 0.6) is 0 Å². The van der Waals surface area contributed by atoms with Crippen molar-refractivity contribution in [3.63, 3.8) is 0 Å². The second-order valence-electron chi connectivity index (χ2n) is 3.53. The minimum atomic E-state index is -2.47. The highest BCUT2D eigenvalue weighted by molar-refractivity contribution is 4.93. The van der Waals surface area contributed by atoms with Gasteiger partial charge in [-0.3, -0.25) is 0 Å². The van der Waals surface area contributed by atoms with E-state index in [0.29, 0.717) is 24.9 Å². The molecule has 0 bridgehead atoms.